The second-order valence-electron chi connectivity index (χ2n) is 7.85. The lowest BCUT2D eigenvalue weighted by Gasteiger charge is -2.15. The number of furan rings is 1. The number of aromatic nitrogens is 4. The fourth-order valence-corrected chi connectivity index (χ4v) is 4.56. The van der Waals surface area contributed by atoms with E-state index in [-0.39, 0.29) is 17.2 Å². The highest BCUT2D eigenvalue weighted by Crippen LogP contribution is 2.22. The molecule has 1 amide bonds. The Morgan fingerprint density at radius 2 is 1.97 bits per heavy atom. The molecule has 0 aliphatic carbocycles. The minimum atomic E-state index is -0.0577. The Morgan fingerprint density at radius 3 is 2.72 bits per heavy atom. The van der Waals surface area contributed by atoms with Gasteiger partial charge in [-0.05, 0) is 37.6 Å². The number of hydrogen-bond donors (Lipinski definition) is 0. The van der Waals surface area contributed by atoms with Gasteiger partial charge < -0.3 is 9.32 Å². The predicted octanol–water partition coefficient (Wildman–Crippen LogP) is 3.89. The minimum Gasteiger partial charge on any atom is -0.464 e. The number of nitrogens with zero attached hydrogens (tertiary/aromatic N) is 5. The molecule has 0 fully saturated rings. The molecule has 3 aromatic heterocycles. The van der Waals surface area contributed by atoms with Gasteiger partial charge in [-0.1, -0.05) is 43.7 Å². The number of unbranched alkanes of at least 4 members (excludes halogenated alkanes) is 2. The average Bonchev–Trinajstić information content (AvgIpc) is 3.40. The van der Waals surface area contributed by atoms with Crippen LogP contribution in [0.15, 0.2) is 50.8 Å². The van der Waals surface area contributed by atoms with Crippen molar-refractivity contribution >= 4 is 34.3 Å². The zero-order chi connectivity index (χ0) is 22.7. The van der Waals surface area contributed by atoms with Crippen LogP contribution in [-0.4, -0.2) is 42.8 Å². The molecule has 4 aromatic rings. The predicted molar refractivity (Wildman–Crippen MR) is 125 cm³/mol. The van der Waals surface area contributed by atoms with Crippen molar-refractivity contribution in [3.05, 3.63) is 58.3 Å². The summed E-state index contributed by atoms with van der Waals surface area (Å²) < 4.78 is 9.15. The Balaban J connectivity index is 1.60. The van der Waals surface area contributed by atoms with Crippen LogP contribution < -0.4 is 5.56 Å². The first-order valence-electron chi connectivity index (χ1n) is 10.8. The molecule has 0 saturated carbocycles. The standard InChI is InChI=1S/C23H27N5O3S/c1-4-5-8-13-27-21(30)18-9-6-7-10-19(18)28-22(27)24-25-23(28)32-15-20(29)26(3)14-17-12-11-16(2)31-17/h6-7,9-12H,4-5,8,13-15H2,1-3H3. The fourth-order valence-electron chi connectivity index (χ4n) is 3.68. The first kappa shape index (κ1) is 22.1. The molecule has 4 rings (SSSR count). The van der Waals surface area contributed by atoms with Gasteiger partial charge in [0.25, 0.3) is 5.56 Å². The van der Waals surface area contributed by atoms with Gasteiger partial charge >= 0.3 is 0 Å². The lowest BCUT2D eigenvalue weighted by molar-refractivity contribution is -0.127. The first-order valence-corrected chi connectivity index (χ1v) is 11.8. The van der Waals surface area contributed by atoms with E-state index in [4.69, 9.17) is 4.42 Å². The van der Waals surface area contributed by atoms with E-state index >= 15 is 0 Å². The number of thioether (sulfide) groups is 1. The van der Waals surface area contributed by atoms with Crippen LogP contribution in [0.25, 0.3) is 16.7 Å². The topological polar surface area (TPSA) is 85.6 Å². The molecule has 0 aliphatic heterocycles. The van der Waals surface area contributed by atoms with E-state index < -0.39 is 0 Å². The Bertz CT molecular complexity index is 1310. The molecule has 0 bridgehead atoms. The van der Waals surface area contributed by atoms with Crippen molar-refractivity contribution in [2.75, 3.05) is 12.8 Å². The molecule has 3 heterocycles. The van der Waals surface area contributed by atoms with Gasteiger partial charge in [0.05, 0.1) is 23.2 Å². The van der Waals surface area contributed by atoms with E-state index in [1.165, 1.54) is 11.8 Å². The highest BCUT2D eigenvalue weighted by atomic mass is 32.2. The molecule has 32 heavy (non-hydrogen) atoms. The summed E-state index contributed by atoms with van der Waals surface area (Å²) in [4.78, 5) is 27.4. The Hall–Kier alpha value is -3.07. The largest absolute Gasteiger partial charge is 0.464 e. The molecule has 8 nitrogen and oxygen atoms in total. The van der Waals surface area contributed by atoms with Gasteiger partial charge in [-0.2, -0.15) is 0 Å². The fraction of sp³-hybridized carbons (Fsp3) is 0.391. The summed E-state index contributed by atoms with van der Waals surface area (Å²) in [6.45, 7) is 5.01. The molecular weight excluding hydrogens is 426 g/mol. The summed E-state index contributed by atoms with van der Waals surface area (Å²) in [5.74, 6) is 2.25. The number of fused-ring (bicyclic) bond motifs is 3. The third kappa shape index (κ3) is 4.43. The zero-order valence-electron chi connectivity index (χ0n) is 18.6. The SMILES string of the molecule is CCCCCn1c(=O)c2ccccc2n2c(SCC(=O)N(C)Cc3ccc(C)o3)nnc12. The molecule has 0 saturated heterocycles. The second kappa shape index (κ2) is 9.60. The minimum absolute atomic E-state index is 0.0404. The zero-order valence-corrected chi connectivity index (χ0v) is 19.4. The third-order valence-electron chi connectivity index (χ3n) is 5.40. The normalized spacial score (nSPS) is 11.5. The maximum absolute atomic E-state index is 13.1. The molecule has 0 N–H and O–H groups in total. The van der Waals surface area contributed by atoms with Gasteiger partial charge in [0, 0.05) is 13.6 Å². The van der Waals surface area contributed by atoms with Gasteiger partial charge in [-0.25, -0.2) is 0 Å². The number of para-hydroxylation sites is 1. The van der Waals surface area contributed by atoms with Gasteiger partial charge in [-0.15, -0.1) is 10.2 Å². The van der Waals surface area contributed by atoms with Crippen LogP contribution in [0.2, 0.25) is 0 Å². The number of benzene rings is 1. The Morgan fingerprint density at radius 1 is 1.16 bits per heavy atom. The van der Waals surface area contributed by atoms with Crippen LogP contribution in [0.3, 0.4) is 0 Å². The molecule has 9 heteroatoms. The van der Waals surface area contributed by atoms with E-state index in [2.05, 4.69) is 17.1 Å². The smallest absolute Gasteiger partial charge is 0.262 e. The highest BCUT2D eigenvalue weighted by molar-refractivity contribution is 7.99. The molecule has 0 aliphatic rings. The number of carbonyl (C=O) groups excluding carboxylic acids is 1. The van der Waals surface area contributed by atoms with E-state index in [1.807, 2.05) is 47.7 Å². The monoisotopic (exact) mass is 453 g/mol. The Kier molecular flexibility index (Phi) is 6.64. The van der Waals surface area contributed by atoms with Gasteiger partial charge in [0.2, 0.25) is 11.7 Å². The van der Waals surface area contributed by atoms with Crippen LogP contribution in [0.4, 0.5) is 0 Å². The molecule has 168 valence electrons. The summed E-state index contributed by atoms with van der Waals surface area (Å²) in [6, 6.07) is 11.2. The van der Waals surface area contributed by atoms with Crippen molar-refractivity contribution < 1.29 is 9.21 Å². The summed E-state index contributed by atoms with van der Waals surface area (Å²) in [6.07, 6.45) is 3.01. The second-order valence-corrected chi connectivity index (χ2v) is 8.79. The number of aryl methyl sites for hydroxylation is 2. The highest BCUT2D eigenvalue weighted by Gasteiger charge is 2.18. The van der Waals surface area contributed by atoms with E-state index in [0.717, 1.165) is 36.3 Å². The summed E-state index contributed by atoms with van der Waals surface area (Å²) in [7, 11) is 1.75. The maximum atomic E-state index is 13.1. The van der Waals surface area contributed by atoms with Crippen LogP contribution in [0.1, 0.15) is 37.7 Å². The quantitative estimate of drug-likeness (QED) is 0.282. The van der Waals surface area contributed by atoms with E-state index in [0.29, 0.717) is 29.4 Å². The molecular formula is C23H27N5O3S. The van der Waals surface area contributed by atoms with Crippen molar-refractivity contribution in [1.82, 2.24) is 24.1 Å². The molecule has 0 spiro atoms. The van der Waals surface area contributed by atoms with Crippen LogP contribution in [-0.2, 0) is 17.9 Å². The lowest BCUT2D eigenvalue weighted by Crippen LogP contribution is -2.27. The van der Waals surface area contributed by atoms with Crippen LogP contribution in [0, 0.1) is 6.92 Å². The molecule has 0 radical (unpaired) electrons. The number of hydrogen-bond acceptors (Lipinski definition) is 6. The number of carbonyl (C=O) groups is 1. The van der Waals surface area contributed by atoms with Crippen molar-refractivity contribution in [2.45, 2.75) is 51.4 Å². The van der Waals surface area contributed by atoms with Crippen LogP contribution >= 0.6 is 11.8 Å². The van der Waals surface area contributed by atoms with Crippen molar-refractivity contribution in [3.8, 4) is 0 Å². The van der Waals surface area contributed by atoms with Gasteiger partial charge in [0.15, 0.2) is 5.16 Å². The first-order chi connectivity index (χ1) is 15.5. The van der Waals surface area contributed by atoms with Gasteiger partial charge in [-0.3, -0.25) is 18.6 Å². The van der Waals surface area contributed by atoms with Crippen molar-refractivity contribution in [2.24, 2.45) is 0 Å². The van der Waals surface area contributed by atoms with Gasteiger partial charge in [0.1, 0.15) is 11.5 Å². The number of amides is 1. The molecule has 1 aromatic carbocycles. The van der Waals surface area contributed by atoms with E-state index in [9.17, 15) is 9.59 Å². The molecule has 0 unspecified atom stereocenters. The summed E-state index contributed by atoms with van der Waals surface area (Å²) >= 11 is 1.32. The summed E-state index contributed by atoms with van der Waals surface area (Å²) in [5, 5.41) is 9.85. The lowest BCUT2D eigenvalue weighted by atomic mass is 10.2. The summed E-state index contributed by atoms with van der Waals surface area (Å²) in [5.41, 5.74) is 0.691. The van der Waals surface area contributed by atoms with Crippen LogP contribution in [0.5, 0.6) is 0 Å². The van der Waals surface area contributed by atoms with Crippen molar-refractivity contribution in [1.29, 1.82) is 0 Å². The number of rotatable bonds is 9. The maximum Gasteiger partial charge on any atom is 0.262 e. The third-order valence-corrected chi connectivity index (χ3v) is 6.32. The molecule has 0 atom stereocenters. The Labute approximate surface area is 190 Å². The van der Waals surface area contributed by atoms with E-state index in [1.54, 1.807) is 16.5 Å². The average molecular weight is 454 g/mol. The van der Waals surface area contributed by atoms with Crippen molar-refractivity contribution in [3.63, 3.8) is 0 Å².